The largest absolute Gasteiger partial charge is 0.497 e. The molecule has 0 saturated carbocycles. The first-order valence-electron chi connectivity index (χ1n) is 6.32. The van der Waals surface area contributed by atoms with Crippen molar-refractivity contribution in [3.8, 4) is 17.6 Å². The number of methoxy groups -OCH3 is 2. The zero-order valence-electron chi connectivity index (χ0n) is 11.8. The summed E-state index contributed by atoms with van der Waals surface area (Å²) in [6, 6.07) is 12.8. The fourth-order valence-electron chi connectivity index (χ4n) is 1.94. The second kappa shape index (κ2) is 6.87. The quantitative estimate of drug-likeness (QED) is 0.911. The van der Waals surface area contributed by atoms with Gasteiger partial charge in [-0.25, -0.2) is 0 Å². The predicted molar refractivity (Wildman–Crippen MR) is 83.0 cm³/mol. The maximum Gasteiger partial charge on any atom is 0.124 e. The molecule has 0 radical (unpaired) electrons. The molecule has 0 fully saturated rings. The van der Waals surface area contributed by atoms with Gasteiger partial charge in [-0.1, -0.05) is 11.6 Å². The monoisotopic (exact) mass is 302 g/mol. The third kappa shape index (κ3) is 3.59. The Morgan fingerprint density at radius 2 is 1.95 bits per heavy atom. The molecule has 0 heterocycles. The first kappa shape index (κ1) is 15.0. The Labute approximate surface area is 128 Å². The average molecular weight is 303 g/mol. The minimum absolute atomic E-state index is 0.509. The lowest BCUT2D eigenvalue weighted by Gasteiger charge is -2.13. The second-order valence-corrected chi connectivity index (χ2v) is 4.74. The van der Waals surface area contributed by atoms with Crippen molar-refractivity contribution in [2.45, 2.75) is 6.54 Å². The third-order valence-electron chi connectivity index (χ3n) is 3.05. The molecule has 0 spiro atoms. The van der Waals surface area contributed by atoms with E-state index in [1.54, 1.807) is 32.4 Å². The number of hydrogen-bond acceptors (Lipinski definition) is 4. The number of nitrogens with one attached hydrogen (secondary N) is 1. The molecule has 2 aromatic carbocycles. The van der Waals surface area contributed by atoms with Crippen molar-refractivity contribution in [3.63, 3.8) is 0 Å². The van der Waals surface area contributed by atoms with Crippen LogP contribution in [0.3, 0.4) is 0 Å². The van der Waals surface area contributed by atoms with Gasteiger partial charge in [0.05, 0.1) is 36.6 Å². The van der Waals surface area contributed by atoms with Crippen molar-refractivity contribution >= 4 is 17.3 Å². The molecule has 1 N–H and O–H groups in total. The number of rotatable bonds is 5. The number of benzene rings is 2. The van der Waals surface area contributed by atoms with E-state index in [1.807, 2.05) is 18.2 Å². The smallest absolute Gasteiger partial charge is 0.124 e. The molecule has 0 saturated heterocycles. The molecule has 0 aliphatic carbocycles. The topological polar surface area (TPSA) is 54.3 Å². The maximum absolute atomic E-state index is 8.93. The summed E-state index contributed by atoms with van der Waals surface area (Å²) < 4.78 is 10.5. The fourth-order valence-corrected chi connectivity index (χ4v) is 2.13. The summed E-state index contributed by atoms with van der Waals surface area (Å²) in [6.07, 6.45) is 0. The van der Waals surface area contributed by atoms with Gasteiger partial charge >= 0.3 is 0 Å². The third-order valence-corrected chi connectivity index (χ3v) is 3.38. The van der Waals surface area contributed by atoms with Gasteiger partial charge in [-0.05, 0) is 36.4 Å². The zero-order valence-corrected chi connectivity index (χ0v) is 12.6. The van der Waals surface area contributed by atoms with Crippen molar-refractivity contribution in [2.75, 3.05) is 19.5 Å². The van der Waals surface area contributed by atoms with E-state index in [9.17, 15) is 0 Å². The molecular weight excluding hydrogens is 288 g/mol. The lowest BCUT2D eigenvalue weighted by Crippen LogP contribution is -2.03. The zero-order chi connectivity index (χ0) is 15.2. The molecule has 0 amide bonds. The van der Waals surface area contributed by atoms with E-state index in [0.29, 0.717) is 22.8 Å². The first-order valence-corrected chi connectivity index (χ1v) is 6.70. The Balaban J connectivity index is 2.21. The van der Waals surface area contributed by atoms with Crippen molar-refractivity contribution in [3.05, 3.63) is 52.5 Å². The summed E-state index contributed by atoms with van der Waals surface area (Å²) in [5, 5.41) is 12.7. The summed E-state index contributed by atoms with van der Waals surface area (Å²) in [5.41, 5.74) is 2.20. The molecule has 4 nitrogen and oxygen atoms in total. The molecule has 108 valence electrons. The average Bonchev–Trinajstić information content (AvgIpc) is 2.53. The van der Waals surface area contributed by atoms with Crippen LogP contribution in [0.1, 0.15) is 11.1 Å². The van der Waals surface area contributed by atoms with Crippen LogP contribution in [-0.4, -0.2) is 14.2 Å². The van der Waals surface area contributed by atoms with Crippen LogP contribution in [0.25, 0.3) is 0 Å². The summed E-state index contributed by atoms with van der Waals surface area (Å²) >= 11 is 6.12. The number of anilines is 1. The Hall–Kier alpha value is -2.38. The highest BCUT2D eigenvalue weighted by Gasteiger charge is 2.07. The van der Waals surface area contributed by atoms with Crippen molar-refractivity contribution < 1.29 is 9.47 Å². The molecule has 5 heteroatoms. The summed E-state index contributed by atoms with van der Waals surface area (Å²) in [7, 11) is 3.24. The molecule has 0 aliphatic rings. The van der Waals surface area contributed by atoms with Gasteiger partial charge in [0.2, 0.25) is 0 Å². The van der Waals surface area contributed by atoms with Gasteiger partial charge in [0, 0.05) is 12.1 Å². The molecule has 0 unspecified atom stereocenters. The Morgan fingerprint density at radius 1 is 1.14 bits per heavy atom. The van der Waals surface area contributed by atoms with Crippen molar-refractivity contribution in [2.24, 2.45) is 0 Å². The minimum atomic E-state index is 0.509. The maximum atomic E-state index is 8.93. The molecular formula is C16H15ClN2O2. The summed E-state index contributed by atoms with van der Waals surface area (Å²) in [4.78, 5) is 0. The van der Waals surface area contributed by atoms with E-state index < -0.39 is 0 Å². The van der Waals surface area contributed by atoms with Crippen LogP contribution in [-0.2, 0) is 6.54 Å². The molecule has 0 bridgehead atoms. The minimum Gasteiger partial charge on any atom is -0.497 e. The molecule has 0 aliphatic heterocycles. The lowest BCUT2D eigenvalue weighted by atomic mass is 10.1. The van der Waals surface area contributed by atoms with E-state index in [1.165, 1.54) is 0 Å². The molecule has 0 aromatic heterocycles. The summed E-state index contributed by atoms with van der Waals surface area (Å²) in [5.74, 6) is 1.51. The number of halogens is 1. The molecule has 2 aromatic rings. The number of nitrogens with zero attached hydrogens (tertiary/aromatic N) is 1. The molecule has 0 atom stereocenters. The van der Waals surface area contributed by atoms with Crippen LogP contribution in [0.4, 0.5) is 5.69 Å². The van der Waals surface area contributed by atoms with E-state index in [-0.39, 0.29) is 0 Å². The van der Waals surface area contributed by atoms with Gasteiger partial charge in [0.1, 0.15) is 11.5 Å². The Bertz CT molecular complexity index is 680. The Morgan fingerprint density at radius 3 is 2.62 bits per heavy atom. The predicted octanol–water partition coefficient (Wildman–Crippen LogP) is 3.84. The SMILES string of the molecule is COc1ccc(OC)c(CNc2cc(C#N)ccc2Cl)c1. The first-order chi connectivity index (χ1) is 10.2. The number of hydrogen-bond donors (Lipinski definition) is 1. The lowest BCUT2D eigenvalue weighted by molar-refractivity contribution is 0.399. The van der Waals surface area contributed by atoms with Crippen LogP contribution in [0.2, 0.25) is 5.02 Å². The highest BCUT2D eigenvalue weighted by molar-refractivity contribution is 6.33. The van der Waals surface area contributed by atoms with E-state index in [2.05, 4.69) is 11.4 Å². The molecule has 2 rings (SSSR count). The normalized spacial score (nSPS) is 9.81. The highest BCUT2D eigenvalue weighted by Crippen LogP contribution is 2.27. The standard InChI is InChI=1S/C16H15ClN2O2/c1-20-13-4-6-16(21-2)12(8-13)10-19-15-7-11(9-18)3-5-14(15)17/h3-8,19H,10H2,1-2H3. The van der Waals surface area contributed by atoms with E-state index in [0.717, 1.165) is 17.1 Å². The van der Waals surface area contributed by atoms with Crippen LogP contribution in [0.5, 0.6) is 11.5 Å². The molecule has 21 heavy (non-hydrogen) atoms. The van der Waals surface area contributed by atoms with Crippen LogP contribution in [0, 0.1) is 11.3 Å². The summed E-state index contributed by atoms with van der Waals surface area (Å²) in [6.45, 7) is 0.509. The van der Waals surface area contributed by atoms with Crippen LogP contribution >= 0.6 is 11.6 Å². The van der Waals surface area contributed by atoms with Gasteiger partial charge < -0.3 is 14.8 Å². The van der Waals surface area contributed by atoms with Crippen LogP contribution < -0.4 is 14.8 Å². The number of nitriles is 1. The highest BCUT2D eigenvalue weighted by atomic mass is 35.5. The van der Waals surface area contributed by atoms with Gasteiger partial charge in [0.25, 0.3) is 0 Å². The second-order valence-electron chi connectivity index (χ2n) is 4.34. The van der Waals surface area contributed by atoms with E-state index >= 15 is 0 Å². The fraction of sp³-hybridized carbons (Fsp3) is 0.188. The number of ether oxygens (including phenoxy) is 2. The Kier molecular flexibility index (Phi) is 4.91. The van der Waals surface area contributed by atoms with Gasteiger partial charge in [-0.15, -0.1) is 0 Å². The van der Waals surface area contributed by atoms with Gasteiger partial charge in [0.15, 0.2) is 0 Å². The van der Waals surface area contributed by atoms with Gasteiger partial charge in [-0.3, -0.25) is 0 Å². The van der Waals surface area contributed by atoms with Crippen molar-refractivity contribution in [1.29, 1.82) is 5.26 Å². The van der Waals surface area contributed by atoms with Crippen molar-refractivity contribution in [1.82, 2.24) is 0 Å². The van der Waals surface area contributed by atoms with Gasteiger partial charge in [-0.2, -0.15) is 5.26 Å². The van der Waals surface area contributed by atoms with E-state index in [4.69, 9.17) is 26.3 Å². The van der Waals surface area contributed by atoms with Crippen LogP contribution in [0.15, 0.2) is 36.4 Å².